The standard InChI is InChI=1S/C13H15ClN4/c1-18(9-10-4-2-3-5-12(10)14)13-16-7-6-11(8-15)17-13/h2-7H,8-9,15H2,1H3. The second-order valence-electron chi connectivity index (χ2n) is 4.00. The van der Waals surface area contributed by atoms with Crippen LogP contribution in [-0.2, 0) is 13.1 Å². The van der Waals surface area contributed by atoms with Crippen molar-refractivity contribution in [1.82, 2.24) is 9.97 Å². The molecule has 0 aliphatic carbocycles. The van der Waals surface area contributed by atoms with Crippen LogP contribution in [0.1, 0.15) is 11.3 Å². The Morgan fingerprint density at radius 3 is 2.78 bits per heavy atom. The Balaban J connectivity index is 2.16. The molecule has 0 spiro atoms. The minimum absolute atomic E-state index is 0.412. The van der Waals surface area contributed by atoms with Gasteiger partial charge in [0.25, 0.3) is 0 Å². The lowest BCUT2D eigenvalue weighted by Crippen LogP contribution is -2.20. The Bertz CT molecular complexity index is 530. The monoisotopic (exact) mass is 262 g/mol. The Kier molecular flexibility index (Phi) is 4.12. The number of benzene rings is 1. The van der Waals surface area contributed by atoms with E-state index in [2.05, 4.69) is 9.97 Å². The van der Waals surface area contributed by atoms with E-state index in [0.29, 0.717) is 19.0 Å². The van der Waals surface area contributed by atoms with Crippen molar-refractivity contribution in [3.05, 3.63) is 52.8 Å². The summed E-state index contributed by atoms with van der Waals surface area (Å²) >= 11 is 6.13. The fraction of sp³-hybridized carbons (Fsp3) is 0.231. The van der Waals surface area contributed by atoms with Gasteiger partial charge in [-0.3, -0.25) is 0 Å². The Labute approximate surface area is 111 Å². The summed E-state index contributed by atoms with van der Waals surface area (Å²) < 4.78 is 0. The summed E-state index contributed by atoms with van der Waals surface area (Å²) in [4.78, 5) is 10.5. The predicted molar refractivity (Wildman–Crippen MR) is 73.5 cm³/mol. The van der Waals surface area contributed by atoms with Crippen LogP contribution >= 0.6 is 11.6 Å². The van der Waals surface area contributed by atoms with Crippen LogP contribution in [0.5, 0.6) is 0 Å². The first kappa shape index (κ1) is 12.8. The number of hydrogen-bond acceptors (Lipinski definition) is 4. The van der Waals surface area contributed by atoms with Gasteiger partial charge < -0.3 is 10.6 Å². The molecule has 0 saturated carbocycles. The molecule has 5 heteroatoms. The molecule has 0 fully saturated rings. The van der Waals surface area contributed by atoms with Crippen molar-refractivity contribution in [2.75, 3.05) is 11.9 Å². The third kappa shape index (κ3) is 2.97. The van der Waals surface area contributed by atoms with Crippen LogP contribution in [0.15, 0.2) is 36.5 Å². The molecule has 1 heterocycles. The maximum atomic E-state index is 6.13. The molecule has 0 amide bonds. The molecule has 94 valence electrons. The van der Waals surface area contributed by atoms with Gasteiger partial charge in [0.1, 0.15) is 0 Å². The molecule has 4 nitrogen and oxygen atoms in total. The SMILES string of the molecule is CN(Cc1ccccc1Cl)c1nccc(CN)n1. The topological polar surface area (TPSA) is 55.0 Å². The molecule has 1 aromatic heterocycles. The number of halogens is 1. The quantitative estimate of drug-likeness (QED) is 0.918. The number of nitrogens with zero attached hydrogens (tertiary/aromatic N) is 3. The van der Waals surface area contributed by atoms with Gasteiger partial charge in [0.05, 0.1) is 5.69 Å². The molecule has 2 rings (SSSR count). The maximum absolute atomic E-state index is 6.13. The highest BCUT2D eigenvalue weighted by Crippen LogP contribution is 2.18. The van der Waals surface area contributed by atoms with Gasteiger partial charge in [0.2, 0.25) is 5.95 Å². The Morgan fingerprint density at radius 2 is 2.06 bits per heavy atom. The van der Waals surface area contributed by atoms with Gasteiger partial charge in [-0.1, -0.05) is 29.8 Å². The summed E-state index contributed by atoms with van der Waals surface area (Å²) in [6, 6.07) is 9.56. The molecular weight excluding hydrogens is 248 g/mol. The van der Waals surface area contributed by atoms with E-state index in [4.69, 9.17) is 17.3 Å². The first-order chi connectivity index (χ1) is 8.70. The summed E-state index contributed by atoms with van der Waals surface area (Å²) in [6.07, 6.45) is 1.72. The van der Waals surface area contributed by atoms with Crippen molar-refractivity contribution < 1.29 is 0 Å². The third-order valence-electron chi connectivity index (χ3n) is 2.62. The lowest BCUT2D eigenvalue weighted by molar-refractivity contribution is 0.845. The molecule has 0 atom stereocenters. The smallest absolute Gasteiger partial charge is 0.225 e. The molecule has 2 aromatic rings. The summed E-state index contributed by atoms with van der Waals surface area (Å²) in [7, 11) is 1.93. The number of aromatic nitrogens is 2. The lowest BCUT2D eigenvalue weighted by Gasteiger charge is -2.18. The minimum atomic E-state index is 0.412. The molecule has 0 radical (unpaired) electrons. The van der Waals surface area contributed by atoms with Crippen molar-refractivity contribution >= 4 is 17.5 Å². The minimum Gasteiger partial charge on any atom is -0.339 e. The van der Waals surface area contributed by atoms with E-state index in [0.717, 1.165) is 16.3 Å². The zero-order chi connectivity index (χ0) is 13.0. The fourth-order valence-corrected chi connectivity index (χ4v) is 1.83. The van der Waals surface area contributed by atoms with E-state index in [1.807, 2.05) is 42.3 Å². The van der Waals surface area contributed by atoms with Crippen LogP contribution in [-0.4, -0.2) is 17.0 Å². The zero-order valence-electron chi connectivity index (χ0n) is 10.2. The summed E-state index contributed by atoms with van der Waals surface area (Å²) in [6.45, 7) is 1.07. The lowest BCUT2D eigenvalue weighted by atomic mass is 10.2. The normalized spacial score (nSPS) is 10.4. The highest BCUT2D eigenvalue weighted by Gasteiger charge is 2.07. The first-order valence-corrected chi connectivity index (χ1v) is 6.05. The summed E-state index contributed by atoms with van der Waals surface area (Å²) in [5.41, 5.74) is 7.44. The molecule has 1 aromatic carbocycles. The Morgan fingerprint density at radius 1 is 1.28 bits per heavy atom. The summed E-state index contributed by atoms with van der Waals surface area (Å²) in [5, 5.41) is 0.749. The van der Waals surface area contributed by atoms with Gasteiger partial charge in [-0.15, -0.1) is 0 Å². The molecule has 0 aliphatic heterocycles. The number of rotatable bonds is 4. The van der Waals surface area contributed by atoms with Crippen molar-refractivity contribution in [1.29, 1.82) is 0 Å². The van der Waals surface area contributed by atoms with Crippen molar-refractivity contribution in [3.63, 3.8) is 0 Å². The highest BCUT2D eigenvalue weighted by atomic mass is 35.5. The van der Waals surface area contributed by atoms with E-state index in [9.17, 15) is 0 Å². The van der Waals surface area contributed by atoms with Crippen LogP contribution in [0.3, 0.4) is 0 Å². The molecule has 0 saturated heterocycles. The third-order valence-corrected chi connectivity index (χ3v) is 2.99. The molecule has 0 bridgehead atoms. The highest BCUT2D eigenvalue weighted by molar-refractivity contribution is 6.31. The average Bonchev–Trinajstić information content (AvgIpc) is 2.41. The molecule has 2 N–H and O–H groups in total. The predicted octanol–water partition coefficient (Wildman–Crippen LogP) is 2.23. The van der Waals surface area contributed by atoms with Crippen LogP contribution in [0.25, 0.3) is 0 Å². The number of anilines is 1. The maximum Gasteiger partial charge on any atom is 0.225 e. The van der Waals surface area contributed by atoms with Crippen LogP contribution in [0.2, 0.25) is 5.02 Å². The van der Waals surface area contributed by atoms with Crippen LogP contribution < -0.4 is 10.6 Å². The summed E-state index contributed by atoms with van der Waals surface area (Å²) in [5.74, 6) is 0.651. The fourth-order valence-electron chi connectivity index (χ4n) is 1.64. The van der Waals surface area contributed by atoms with Gasteiger partial charge in [-0.2, -0.15) is 0 Å². The van der Waals surface area contributed by atoms with E-state index in [1.54, 1.807) is 6.20 Å². The van der Waals surface area contributed by atoms with Crippen molar-refractivity contribution in [2.45, 2.75) is 13.1 Å². The van der Waals surface area contributed by atoms with Crippen molar-refractivity contribution in [3.8, 4) is 0 Å². The Hall–Kier alpha value is -1.65. The number of nitrogens with two attached hydrogens (primary N) is 1. The van der Waals surface area contributed by atoms with Gasteiger partial charge >= 0.3 is 0 Å². The van der Waals surface area contributed by atoms with Gasteiger partial charge in [-0.25, -0.2) is 9.97 Å². The van der Waals surface area contributed by atoms with Crippen molar-refractivity contribution in [2.24, 2.45) is 5.73 Å². The molecular formula is C13H15ClN4. The molecule has 18 heavy (non-hydrogen) atoms. The van der Waals surface area contributed by atoms with Gasteiger partial charge in [0.15, 0.2) is 0 Å². The van der Waals surface area contributed by atoms with E-state index in [1.165, 1.54) is 0 Å². The molecule has 0 unspecified atom stereocenters. The zero-order valence-corrected chi connectivity index (χ0v) is 10.9. The molecule has 0 aliphatic rings. The number of hydrogen-bond donors (Lipinski definition) is 1. The van der Waals surface area contributed by atoms with Crippen LogP contribution in [0.4, 0.5) is 5.95 Å². The largest absolute Gasteiger partial charge is 0.339 e. The first-order valence-electron chi connectivity index (χ1n) is 5.67. The van der Waals surface area contributed by atoms with Gasteiger partial charge in [-0.05, 0) is 17.7 Å². The van der Waals surface area contributed by atoms with E-state index < -0.39 is 0 Å². The average molecular weight is 263 g/mol. The second-order valence-corrected chi connectivity index (χ2v) is 4.41. The van der Waals surface area contributed by atoms with E-state index >= 15 is 0 Å². The van der Waals surface area contributed by atoms with E-state index in [-0.39, 0.29) is 0 Å². The second kappa shape index (κ2) is 5.80. The van der Waals surface area contributed by atoms with Gasteiger partial charge in [0, 0.05) is 31.4 Å². The van der Waals surface area contributed by atoms with Crippen LogP contribution in [0, 0.1) is 0 Å².